The molecule has 0 radical (unpaired) electrons. The van der Waals surface area contributed by atoms with E-state index in [9.17, 15) is 5.11 Å². The molecule has 1 aromatic rings. The Morgan fingerprint density at radius 3 is 3.07 bits per heavy atom. The quantitative estimate of drug-likeness (QED) is 0.692. The fourth-order valence-electron chi connectivity index (χ4n) is 1.83. The van der Waals surface area contributed by atoms with E-state index in [0.717, 1.165) is 19.5 Å². The van der Waals surface area contributed by atoms with Crippen LogP contribution < -0.4 is 10.6 Å². The number of rotatable bonds is 1. The third-order valence-electron chi connectivity index (χ3n) is 2.81. The molecule has 5 nitrogen and oxygen atoms in total. The Bertz CT molecular complexity index is 344. The van der Waals surface area contributed by atoms with Crippen LogP contribution in [0.1, 0.15) is 13.3 Å². The summed E-state index contributed by atoms with van der Waals surface area (Å²) in [5, 5.41) is 9.60. The summed E-state index contributed by atoms with van der Waals surface area (Å²) in [5.74, 6) is 1.40. The summed E-state index contributed by atoms with van der Waals surface area (Å²) in [6.45, 7) is 3.60. The number of aliphatic hydroxyl groups is 1. The molecular weight excluding hydrogens is 192 g/mol. The molecule has 82 valence electrons. The van der Waals surface area contributed by atoms with Crippen LogP contribution in [0.2, 0.25) is 0 Å². The van der Waals surface area contributed by atoms with Gasteiger partial charge < -0.3 is 15.7 Å². The second kappa shape index (κ2) is 4.02. The Labute approximate surface area is 88.9 Å². The van der Waals surface area contributed by atoms with E-state index in [1.807, 2.05) is 6.92 Å². The second-order valence-corrected chi connectivity index (χ2v) is 4.06. The molecule has 5 heteroatoms. The largest absolute Gasteiger partial charge is 0.393 e. The van der Waals surface area contributed by atoms with Gasteiger partial charge in [-0.2, -0.15) is 4.98 Å². The maximum Gasteiger partial charge on any atom is 0.227 e. The number of nitrogens with two attached hydrogens (primary N) is 1. The first-order chi connectivity index (χ1) is 7.16. The Morgan fingerprint density at radius 1 is 1.60 bits per heavy atom. The van der Waals surface area contributed by atoms with Crippen LogP contribution in [0.25, 0.3) is 0 Å². The Kier molecular flexibility index (Phi) is 2.73. The number of nitrogen functional groups attached to an aromatic ring is 1. The molecule has 1 aliphatic rings. The molecule has 2 unspecified atom stereocenters. The van der Waals surface area contributed by atoms with Crippen LogP contribution in [0, 0.1) is 5.92 Å². The molecule has 1 fully saturated rings. The normalized spacial score (nSPS) is 26.7. The lowest BCUT2D eigenvalue weighted by Gasteiger charge is -2.34. The third kappa shape index (κ3) is 2.18. The van der Waals surface area contributed by atoms with Crippen molar-refractivity contribution in [1.82, 2.24) is 9.97 Å². The van der Waals surface area contributed by atoms with Gasteiger partial charge in [-0.15, -0.1) is 0 Å². The van der Waals surface area contributed by atoms with Crippen LogP contribution in [-0.2, 0) is 0 Å². The molecule has 2 heterocycles. The average Bonchev–Trinajstić information content (AvgIpc) is 2.22. The van der Waals surface area contributed by atoms with Gasteiger partial charge in [0.2, 0.25) is 5.95 Å². The molecule has 0 aromatic carbocycles. The van der Waals surface area contributed by atoms with Crippen molar-refractivity contribution in [3.8, 4) is 0 Å². The summed E-state index contributed by atoms with van der Waals surface area (Å²) >= 11 is 0. The van der Waals surface area contributed by atoms with Crippen LogP contribution in [0.5, 0.6) is 0 Å². The number of anilines is 2. The predicted molar refractivity (Wildman–Crippen MR) is 58.4 cm³/mol. The fraction of sp³-hybridized carbons (Fsp3) is 0.600. The van der Waals surface area contributed by atoms with Gasteiger partial charge in [-0.05, 0) is 18.4 Å². The summed E-state index contributed by atoms with van der Waals surface area (Å²) in [4.78, 5) is 10.4. The SMILES string of the molecule is CC1CN(c2nccc(N)n2)CCC1O. The first-order valence-corrected chi connectivity index (χ1v) is 5.18. The number of aromatic nitrogens is 2. The Hall–Kier alpha value is -1.36. The highest BCUT2D eigenvalue weighted by molar-refractivity contribution is 5.38. The molecule has 15 heavy (non-hydrogen) atoms. The highest BCUT2D eigenvalue weighted by Gasteiger charge is 2.25. The zero-order chi connectivity index (χ0) is 10.8. The van der Waals surface area contributed by atoms with Crippen LogP contribution >= 0.6 is 0 Å². The van der Waals surface area contributed by atoms with Crippen LogP contribution in [0.3, 0.4) is 0 Å². The topological polar surface area (TPSA) is 75.3 Å². The lowest BCUT2D eigenvalue weighted by atomic mass is 9.97. The molecular formula is C10H16N4O. The van der Waals surface area contributed by atoms with Gasteiger partial charge >= 0.3 is 0 Å². The predicted octanol–water partition coefficient (Wildman–Crippen LogP) is 0.266. The van der Waals surface area contributed by atoms with Gasteiger partial charge in [0.25, 0.3) is 0 Å². The van der Waals surface area contributed by atoms with Gasteiger partial charge in [-0.3, -0.25) is 0 Å². The fourth-order valence-corrected chi connectivity index (χ4v) is 1.83. The van der Waals surface area contributed by atoms with Crippen molar-refractivity contribution >= 4 is 11.8 Å². The van der Waals surface area contributed by atoms with E-state index in [1.165, 1.54) is 0 Å². The summed E-state index contributed by atoms with van der Waals surface area (Å²) in [6.07, 6.45) is 2.22. The van der Waals surface area contributed by atoms with E-state index < -0.39 is 0 Å². The van der Waals surface area contributed by atoms with E-state index in [0.29, 0.717) is 11.8 Å². The second-order valence-electron chi connectivity index (χ2n) is 4.06. The van der Waals surface area contributed by atoms with E-state index in [1.54, 1.807) is 12.3 Å². The summed E-state index contributed by atoms with van der Waals surface area (Å²) in [7, 11) is 0. The zero-order valence-electron chi connectivity index (χ0n) is 8.80. The van der Waals surface area contributed by atoms with E-state index in [-0.39, 0.29) is 12.0 Å². The number of piperidine rings is 1. The number of nitrogens with zero attached hydrogens (tertiary/aromatic N) is 3. The number of aliphatic hydroxyl groups excluding tert-OH is 1. The number of hydrogen-bond donors (Lipinski definition) is 2. The van der Waals surface area contributed by atoms with Crippen molar-refractivity contribution in [2.75, 3.05) is 23.7 Å². The van der Waals surface area contributed by atoms with Gasteiger partial charge in [0.15, 0.2) is 0 Å². The number of hydrogen-bond acceptors (Lipinski definition) is 5. The molecule has 1 aliphatic heterocycles. The lowest BCUT2D eigenvalue weighted by molar-refractivity contribution is 0.0966. The molecule has 0 aliphatic carbocycles. The van der Waals surface area contributed by atoms with Crippen molar-refractivity contribution < 1.29 is 5.11 Å². The zero-order valence-corrected chi connectivity index (χ0v) is 8.80. The van der Waals surface area contributed by atoms with Crippen molar-refractivity contribution in [1.29, 1.82) is 0 Å². The highest BCUT2D eigenvalue weighted by atomic mass is 16.3. The minimum atomic E-state index is -0.206. The van der Waals surface area contributed by atoms with Crippen LogP contribution in [0.15, 0.2) is 12.3 Å². The average molecular weight is 208 g/mol. The first-order valence-electron chi connectivity index (χ1n) is 5.18. The van der Waals surface area contributed by atoms with Gasteiger partial charge in [-0.25, -0.2) is 4.98 Å². The minimum absolute atomic E-state index is 0.206. The molecule has 0 spiro atoms. The molecule has 2 rings (SSSR count). The molecule has 1 aromatic heterocycles. The van der Waals surface area contributed by atoms with E-state index in [4.69, 9.17) is 5.73 Å². The molecule has 0 amide bonds. The minimum Gasteiger partial charge on any atom is -0.393 e. The van der Waals surface area contributed by atoms with Crippen molar-refractivity contribution in [2.45, 2.75) is 19.4 Å². The maximum atomic E-state index is 9.60. The molecule has 2 atom stereocenters. The highest BCUT2D eigenvalue weighted by Crippen LogP contribution is 2.20. The van der Waals surface area contributed by atoms with E-state index in [2.05, 4.69) is 14.9 Å². The summed E-state index contributed by atoms with van der Waals surface area (Å²) < 4.78 is 0. The summed E-state index contributed by atoms with van der Waals surface area (Å²) in [6, 6.07) is 1.67. The smallest absolute Gasteiger partial charge is 0.227 e. The first kappa shape index (κ1) is 10.2. The van der Waals surface area contributed by atoms with Gasteiger partial charge in [0.05, 0.1) is 6.10 Å². The third-order valence-corrected chi connectivity index (χ3v) is 2.81. The molecule has 3 N–H and O–H groups in total. The molecule has 0 saturated carbocycles. The van der Waals surface area contributed by atoms with Crippen molar-refractivity contribution in [3.05, 3.63) is 12.3 Å². The van der Waals surface area contributed by atoms with E-state index >= 15 is 0 Å². The maximum absolute atomic E-state index is 9.60. The van der Waals surface area contributed by atoms with Gasteiger partial charge in [0, 0.05) is 19.3 Å². The van der Waals surface area contributed by atoms with Crippen molar-refractivity contribution in [2.24, 2.45) is 5.92 Å². The molecule has 1 saturated heterocycles. The van der Waals surface area contributed by atoms with Gasteiger partial charge in [-0.1, -0.05) is 6.92 Å². The van der Waals surface area contributed by atoms with Crippen LogP contribution in [0.4, 0.5) is 11.8 Å². The monoisotopic (exact) mass is 208 g/mol. The van der Waals surface area contributed by atoms with Gasteiger partial charge in [0.1, 0.15) is 5.82 Å². The lowest BCUT2D eigenvalue weighted by Crippen LogP contribution is -2.42. The molecule has 0 bridgehead atoms. The summed E-state index contributed by atoms with van der Waals surface area (Å²) in [5.41, 5.74) is 5.60. The standard InChI is InChI=1S/C10H16N4O/c1-7-6-14(5-3-8(7)15)10-12-4-2-9(11)13-10/h2,4,7-8,15H,3,5-6H2,1H3,(H2,11,12,13). The van der Waals surface area contributed by atoms with Crippen molar-refractivity contribution in [3.63, 3.8) is 0 Å². The van der Waals surface area contributed by atoms with Crippen LogP contribution in [-0.4, -0.2) is 34.3 Å². The Balaban J connectivity index is 2.12. The Morgan fingerprint density at radius 2 is 2.40 bits per heavy atom.